The Morgan fingerprint density at radius 1 is 0.394 bits per heavy atom. The minimum atomic E-state index is -0.532. The molecule has 8 rings (SSSR count). The van der Waals surface area contributed by atoms with Gasteiger partial charge in [0.05, 0.1) is 56.0 Å². The van der Waals surface area contributed by atoms with E-state index < -0.39 is 14.8 Å². The maximum atomic E-state index is 12.0. The van der Waals surface area contributed by atoms with Crippen LogP contribution in [-0.4, -0.2) is 37.2 Å². The van der Waals surface area contributed by atoms with Crippen molar-refractivity contribution in [3.05, 3.63) is 202 Å². The molecule has 0 aromatic heterocycles. The molecule has 0 aliphatic heterocycles. The van der Waals surface area contributed by atoms with E-state index in [1.165, 1.54) is 79.9 Å². The van der Waals surface area contributed by atoms with Crippen LogP contribution in [0.25, 0.3) is 0 Å². The van der Waals surface area contributed by atoms with Crippen molar-refractivity contribution in [3.63, 3.8) is 0 Å². The van der Waals surface area contributed by atoms with Crippen LogP contribution in [0.3, 0.4) is 0 Å². The lowest BCUT2D eigenvalue weighted by Gasteiger charge is -2.19. The van der Waals surface area contributed by atoms with E-state index in [-0.39, 0.29) is 65.7 Å². The van der Waals surface area contributed by atoms with E-state index in [9.17, 15) is 45.7 Å². The lowest BCUT2D eigenvalue weighted by atomic mass is 9.90. The molecule has 328 valence electrons. The summed E-state index contributed by atoms with van der Waals surface area (Å²) < 4.78 is 5.98. The molecular formula is C47H35N9O10. The number of hydrogen-bond donors (Lipinski definition) is 3. The predicted molar refractivity (Wildman–Crippen MR) is 240 cm³/mol. The van der Waals surface area contributed by atoms with Crippen molar-refractivity contribution >= 4 is 51.2 Å². The van der Waals surface area contributed by atoms with Crippen LogP contribution in [0.4, 0.5) is 51.2 Å². The van der Waals surface area contributed by atoms with E-state index >= 15 is 0 Å². The summed E-state index contributed by atoms with van der Waals surface area (Å²) in [6, 6.07) is 31.7. The number of nitro benzene ring substituents is 3. The molecule has 0 amide bonds. The Hall–Kier alpha value is -9.26. The fourth-order valence-corrected chi connectivity index (χ4v) is 7.48. The van der Waals surface area contributed by atoms with Crippen LogP contribution in [0.5, 0.6) is 23.0 Å². The highest BCUT2D eigenvalue weighted by molar-refractivity contribution is 5.63. The highest BCUT2D eigenvalue weighted by atomic mass is 16.6. The summed E-state index contributed by atoms with van der Waals surface area (Å²) in [7, 11) is 1.52. The molecule has 19 heteroatoms. The first-order valence-electron chi connectivity index (χ1n) is 20.0. The van der Waals surface area contributed by atoms with Crippen LogP contribution in [0, 0.1) is 30.3 Å². The van der Waals surface area contributed by atoms with Gasteiger partial charge in [0.15, 0.2) is 0 Å². The molecule has 19 nitrogen and oxygen atoms in total. The van der Waals surface area contributed by atoms with Gasteiger partial charge in [-0.15, -0.1) is 0 Å². The number of methoxy groups -OCH3 is 1. The molecule has 0 unspecified atom stereocenters. The van der Waals surface area contributed by atoms with Gasteiger partial charge < -0.3 is 20.1 Å². The van der Waals surface area contributed by atoms with E-state index in [0.717, 1.165) is 0 Å². The number of aromatic hydroxyl groups is 3. The molecule has 0 saturated carbocycles. The zero-order chi connectivity index (χ0) is 46.5. The second-order valence-corrected chi connectivity index (χ2v) is 15.1. The van der Waals surface area contributed by atoms with Crippen molar-refractivity contribution in [2.45, 2.75) is 25.7 Å². The van der Waals surface area contributed by atoms with Crippen molar-refractivity contribution in [3.8, 4) is 23.0 Å². The summed E-state index contributed by atoms with van der Waals surface area (Å²) in [5.41, 5.74) is 5.09. The Bertz CT molecular complexity index is 2970. The molecule has 0 fully saturated rings. The van der Waals surface area contributed by atoms with Crippen molar-refractivity contribution in [2.24, 2.45) is 30.7 Å². The van der Waals surface area contributed by atoms with Crippen LogP contribution in [0.1, 0.15) is 44.5 Å². The van der Waals surface area contributed by atoms with E-state index in [1.807, 2.05) is 18.2 Å². The van der Waals surface area contributed by atoms with Gasteiger partial charge in [-0.1, -0.05) is 18.2 Å². The van der Waals surface area contributed by atoms with Crippen molar-refractivity contribution in [2.75, 3.05) is 7.11 Å². The third-order valence-corrected chi connectivity index (χ3v) is 10.7. The zero-order valence-corrected chi connectivity index (χ0v) is 34.7. The number of ether oxygens (including phenoxy) is 1. The lowest BCUT2D eigenvalue weighted by molar-refractivity contribution is -0.385. The summed E-state index contributed by atoms with van der Waals surface area (Å²) in [6.45, 7) is 0. The Morgan fingerprint density at radius 3 is 0.879 bits per heavy atom. The average molecular weight is 886 g/mol. The fourth-order valence-electron chi connectivity index (χ4n) is 7.48. The van der Waals surface area contributed by atoms with Crippen molar-refractivity contribution in [1.82, 2.24) is 0 Å². The SMILES string of the molecule is COc1c2cccc1Cc1cc(N=Nc3ccc([N+](=O)[O-])cc3)cc(c1O)Cc1cc(N=Nc3ccc([N+](=O)[O-])cc3)cc(c1O)Cc1cc(N=Nc3ccc([N+](=O)[O-])cc3)cc(c1O)C2. The first kappa shape index (κ1) is 43.4. The topological polar surface area (TPSA) is 274 Å². The number of nitrogens with zero attached hydrogens (tertiary/aromatic N) is 9. The minimum Gasteiger partial charge on any atom is -0.507 e. The summed E-state index contributed by atoms with van der Waals surface area (Å²) in [5, 5.41) is 95.8. The molecule has 66 heavy (non-hydrogen) atoms. The largest absolute Gasteiger partial charge is 0.507 e. The molecule has 3 N–H and O–H groups in total. The number of non-ortho nitro benzene ring substituents is 3. The zero-order valence-electron chi connectivity index (χ0n) is 34.7. The maximum absolute atomic E-state index is 12.0. The van der Waals surface area contributed by atoms with E-state index in [0.29, 0.717) is 78.7 Å². The molecule has 0 radical (unpaired) electrons. The van der Waals surface area contributed by atoms with Gasteiger partial charge in [0.2, 0.25) is 0 Å². The smallest absolute Gasteiger partial charge is 0.269 e. The highest BCUT2D eigenvalue weighted by Gasteiger charge is 2.22. The molecule has 0 heterocycles. The molecule has 8 bridgehead atoms. The number of fused-ring (bicyclic) bond motifs is 8. The van der Waals surface area contributed by atoms with Crippen LogP contribution >= 0.6 is 0 Å². The number of rotatable bonds is 10. The minimum absolute atomic E-state index is 0.0721. The van der Waals surface area contributed by atoms with Gasteiger partial charge in [0, 0.05) is 95.5 Å². The molecule has 0 spiro atoms. The Morgan fingerprint density at radius 2 is 0.636 bits per heavy atom. The first-order chi connectivity index (χ1) is 31.8. The summed E-state index contributed by atoms with van der Waals surface area (Å²) >= 11 is 0. The first-order valence-corrected chi connectivity index (χ1v) is 20.0. The maximum Gasteiger partial charge on any atom is 0.269 e. The Kier molecular flexibility index (Phi) is 12.2. The van der Waals surface area contributed by atoms with E-state index in [2.05, 4.69) is 30.7 Å². The number of nitro groups is 3. The second kappa shape index (κ2) is 18.6. The molecule has 1 aliphatic carbocycles. The third kappa shape index (κ3) is 9.69. The number of phenolic OH excluding ortho intramolecular Hbond substituents is 3. The average Bonchev–Trinajstić information content (AvgIpc) is 3.31. The Labute approximate surface area is 373 Å². The van der Waals surface area contributed by atoms with Crippen molar-refractivity contribution < 1.29 is 34.8 Å². The quantitative estimate of drug-likeness (QED) is 0.0663. The fraction of sp³-hybridized carbons (Fsp3) is 0.106. The number of hydrogen-bond acceptors (Lipinski definition) is 16. The van der Waals surface area contributed by atoms with Crippen LogP contribution in [0.2, 0.25) is 0 Å². The lowest BCUT2D eigenvalue weighted by Crippen LogP contribution is -2.03. The van der Waals surface area contributed by atoms with E-state index in [4.69, 9.17) is 4.74 Å². The molecule has 7 aromatic carbocycles. The van der Waals surface area contributed by atoms with E-state index in [1.54, 1.807) is 36.4 Å². The monoisotopic (exact) mass is 885 g/mol. The molecule has 1 aliphatic rings. The summed E-state index contributed by atoms with van der Waals surface area (Å²) in [6.07, 6.45) is 0.130. The number of phenols is 3. The molecule has 7 aromatic rings. The summed E-state index contributed by atoms with van der Waals surface area (Å²) in [5.74, 6) is 0.136. The van der Waals surface area contributed by atoms with Gasteiger partial charge in [-0.05, 0) is 83.9 Å². The van der Waals surface area contributed by atoms with Gasteiger partial charge in [0.25, 0.3) is 17.1 Å². The van der Waals surface area contributed by atoms with Gasteiger partial charge in [-0.3, -0.25) is 30.3 Å². The van der Waals surface area contributed by atoms with Gasteiger partial charge in [-0.2, -0.15) is 30.7 Å². The highest BCUT2D eigenvalue weighted by Crippen LogP contribution is 2.42. The van der Waals surface area contributed by atoms with Crippen LogP contribution in [-0.2, 0) is 25.7 Å². The molecule has 0 saturated heterocycles. The normalized spacial score (nSPS) is 12.4. The summed E-state index contributed by atoms with van der Waals surface area (Å²) in [4.78, 5) is 32.1. The predicted octanol–water partition coefficient (Wildman–Crippen LogP) is 12.5. The van der Waals surface area contributed by atoms with Gasteiger partial charge in [-0.25, -0.2) is 0 Å². The number of benzene rings is 7. The number of para-hydroxylation sites is 1. The third-order valence-electron chi connectivity index (χ3n) is 10.7. The Balaban J connectivity index is 1.28. The van der Waals surface area contributed by atoms with Gasteiger partial charge >= 0.3 is 0 Å². The van der Waals surface area contributed by atoms with Gasteiger partial charge in [0.1, 0.15) is 23.0 Å². The van der Waals surface area contributed by atoms with Crippen LogP contribution < -0.4 is 4.74 Å². The standard InChI is InChI=1S/C47H35N9O10/c1-66-47-27-3-2-4-28(47)18-30-22-39(52-49-36-7-13-42(14-8-36)55(62)63)24-32(45(30)58)20-34-26-40(53-50-37-9-15-43(16-10-37)56(64)65)25-33(46(34)59)19-31-23-38(21-29(17-27)44(31)57)51-48-35-5-11-41(12-6-35)54(60)61/h2-16,21-26,57-59H,17-20H2,1H3. The molecular weight excluding hydrogens is 851 g/mol. The van der Waals surface area contributed by atoms with Crippen molar-refractivity contribution in [1.29, 1.82) is 0 Å². The second-order valence-electron chi connectivity index (χ2n) is 15.1. The van der Waals surface area contributed by atoms with Crippen LogP contribution in [0.15, 0.2) is 158 Å². The number of azo groups is 3. The molecule has 0 atom stereocenters.